The van der Waals surface area contributed by atoms with E-state index in [-0.39, 0.29) is 6.10 Å². The van der Waals surface area contributed by atoms with E-state index in [2.05, 4.69) is 0 Å². The van der Waals surface area contributed by atoms with E-state index in [1.807, 2.05) is 37.3 Å². The summed E-state index contributed by atoms with van der Waals surface area (Å²) in [6.45, 7) is 1.83. The number of ether oxygens (including phenoxy) is 1. The van der Waals surface area contributed by atoms with Crippen LogP contribution in [0.3, 0.4) is 0 Å². The van der Waals surface area contributed by atoms with Crippen molar-refractivity contribution < 1.29 is 9.53 Å². The molecule has 98 valence electrons. The van der Waals surface area contributed by atoms with E-state index < -0.39 is 5.97 Å². The molecule has 2 aromatic carbocycles. The van der Waals surface area contributed by atoms with Crippen LogP contribution in [0, 0.1) is 0 Å². The molecule has 0 aliphatic rings. The van der Waals surface area contributed by atoms with E-state index in [9.17, 15) is 4.79 Å². The van der Waals surface area contributed by atoms with Crippen molar-refractivity contribution in [3.05, 3.63) is 64.7 Å². The van der Waals surface area contributed by atoms with E-state index in [1.54, 1.807) is 12.1 Å². The highest BCUT2D eigenvalue weighted by Gasteiger charge is 2.14. The minimum absolute atomic E-state index is 0.315. The quantitative estimate of drug-likeness (QED) is 0.684. The van der Waals surface area contributed by atoms with Crippen LogP contribution in [0.25, 0.3) is 0 Å². The number of esters is 1. The number of carbonyl (C=O) groups excluding carboxylic acids is 1. The average Bonchev–Trinajstić information content (AvgIpc) is 2.42. The van der Waals surface area contributed by atoms with Gasteiger partial charge in [-0.25, -0.2) is 4.79 Å². The van der Waals surface area contributed by atoms with Crippen molar-refractivity contribution >= 4 is 23.3 Å². The van der Waals surface area contributed by atoms with Crippen LogP contribution in [0.1, 0.15) is 28.9 Å². The molecule has 0 saturated carbocycles. The molecule has 1 atom stereocenters. The van der Waals surface area contributed by atoms with Gasteiger partial charge in [-0.15, -0.1) is 0 Å². The van der Waals surface area contributed by atoms with Crippen LogP contribution in [-0.4, -0.2) is 5.97 Å². The Balaban J connectivity index is 2.11. The van der Waals surface area contributed by atoms with Crippen molar-refractivity contribution in [3.8, 4) is 0 Å². The number of halogens is 1. The minimum Gasteiger partial charge on any atom is -0.454 e. The summed E-state index contributed by atoms with van der Waals surface area (Å²) in [5, 5.41) is 0.349. The second-order valence-electron chi connectivity index (χ2n) is 4.19. The molecule has 0 radical (unpaired) electrons. The van der Waals surface area contributed by atoms with Gasteiger partial charge in [-0.05, 0) is 30.7 Å². The van der Waals surface area contributed by atoms with Gasteiger partial charge in [0.25, 0.3) is 0 Å². The fraction of sp³-hybridized carbons (Fsp3) is 0.133. The number of hydrogen-bond donors (Lipinski definition) is 1. The van der Waals surface area contributed by atoms with Gasteiger partial charge in [0.2, 0.25) is 0 Å². The summed E-state index contributed by atoms with van der Waals surface area (Å²) in [6, 6.07) is 14.2. The van der Waals surface area contributed by atoms with Crippen LogP contribution in [0.4, 0.5) is 5.69 Å². The lowest BCUT2D eigenvalue weighted by atomic mass is 10.1. The lowest BCUT2D eigenvalue weighted by Crippen LogP contribution is -2.09. The van der Waals surface area contributed by atoms with Gasteiger partial charge in [-0.1, -0.05) is 41.9 Å². The molecule has 0 spiro atoms. The zero-order valence-electron chi connectivity index (χ0n) is 10.5. The molecule has 2 aromatic rings. The molecule has 2 N–H and O–H groups in total. The Morgan fingerprint density at radius 2 is 1.89 bits per heavy atom. The molecule has 0 bridgehead atoms. The zero-order valence-corrected chi connectivity index (χ0v) is 11.2. The maximum atomic E-state index is 12.0. The monoisotopic (exact) mass is 275 g/mol. The molecule has 0 saturated heterocycles. The molecule has 0 fully saturated rings. The number of carbonyl (C=O) groups is 1. The average molecular weight is 276 g/mol. The smallest absolute Gasteiger partial charge is 0.338 e. The topological polar surface area (TPSA) is 52.3 Å². The van der Waals surface area contributed by atoms with E-state index in [0.29, 0.717) is 16.3 Å². The molecule has 19 heavy (non-hydrogen) atoms. The van der Waals surface area contributed by atoms with Crippen molar-refractivity contribution in [1.29, 1.82) is 0 Å². The Bertz CT molecular complexity index is 584. The maximum absolute atomic E-state index is 12.0. The van der Waals surface area contributed by atoms with E-state index in [4.69, 9.17) is 22.1 Å². The Kier molecular flexibility index (Phi) is 4.07. The summed E-state index contributed by atoms with van der Waals surface area (Å²) in [7, 11) is 0. The minimum atomic E-state index is -0.418. The highest BCUT2D eigenvalue weighted by Crippen LogP contribution is 2.22. The Labute approximate surface area is 117 Å². The van der Waals surface area contributed by atoms with E-state index >= 15 is 0 Å². The van der Waals surface area contributed by atoms with Gasteiger partial charge in [-0.3, -0.25) is 0 Å². The Morgan fingerprint density at radius 1 is 1.21 bits per heavy atom. The van der Waals surface area contributed by atoms with Crippen molar-refractivity contribution in [1.82, 2.24) is 0 Å². The predicted octanol–water partition coefficient (Wildman–Crippen LogP) is 3.84. The zero-order chi connectivity index (χ0) is 13.8. The van der Waals surface area contributed by atoms with E-state index in [0.717, 1.165) is 5.56 Å². The highest BCUT2D eigenvalue weighted by atomic mass is 35.5. The molecule has 1 unspecified atom stereocenters. The van der Waals surface area contributed by atoms with Gasteiger partial charge < -0.3 is 10.5 Å². The number of hydrogen-bond acceptors (Lipinski definition) is 3. The summed E-state index contributed by atoms with van der Waals surface area (Å²) in [5.74, 6) is -0.418. The second kappa shape index (κ2) is 5.76. The number of nitrogens with two attached hydrogens (primary N) is 1. The molecule has 2 rings (SSSR count). The number of benzene rings is 2. The van der Waals surface area contributed by atoms with Gasteiger partial charge in [-0.2, -0.15) is 0 Å². The first-order valence-electron chi connectivity index (χ1n) is 5.89. The Hall–Kier alpha value is -2.00. The predicted molar refractivity (Wildman–Crippen MR) is 76.1 cm³/mol. The summed E-state index contributed by atoms with van der Waals surface area (Å²) in [5.41, 5.74) is 7.37. The van der Waals surface area contributed by atoms with Gasteiger partial charge in [0.15, 0.2) is 0 Å². The first-order valence-corrected chi connectivity index (χ1v) is 6.26. The van der Waals surface area contributed by atoms with Crippen molar-refractivity contribution in [3.63, 3.8) is 0 Å². The number of rotatable bonds is 3. The molecular weight excluding hydrogens is 262 g/mol. The molecular formula is C15H14ClNO2. The summed E-state index contributed by atoms with van der Waals surface area (Å²) in [6.07, 6.45) is -0.315. The van der Waals surface area contributed by atoms with Gasteiger partial charge in [0, 0.05) is 0 Å². The summed E-state index contributed by atoms with van der Waals surface area (Å²) in [4.78, 5) is 12.0. The van der Waals surface area contributed by atoms with Gasteiger partial charge in [0.1, 0.15) is 6.10 Å². The highest BCUT2D eigenvalue weighted by molar-refractivity contribution is 6.33. The largest absolute Gasteiger partial charge is 0.454 e. The van der Waals surface area contributed by atoms with E-state index in [1.165, 1.54) is 6.07 Å². The molecule has 0 aliphatic carbocycles. The fourth-order valence-electron chi connectivity index (χ4n) is 1.67. The van der Waals surface area contributed by atoms with Crippen molar-refractivity contribution in [2.75, 3.05) is 5.73 Å². The molecule has 3 nitrogen and oxygen atoms in total. The molecule has 0 amide bonds. The lowest BCUT2D eigenvalue weighted by molar-refractivity contribution is 0.0338. The third-order valence-electron chi connectivity index (χ3n) is 2.79. The number of anilines is 1. The SMILES string of the molecule is CC(OC(=O)c1ccc(N)c(Cl)c1)c1ccccc1. The molecule has 0 aliphatic heterocycles. The van der Waals surface area contributed by atoms with Gasteiger partial charge >= 0.3 is 5.97 Å². The van der Waals surface area contributed by atoms with Crippen LogP contribution >= 0.6 is 11.6 Å². The second-order valence-corrected chi connectivity index (χ2v) is 4.60. The van der Waals surface area contributed by atoms with Crippen molar-refractivity contribution in [2.45, 2.75) is 13.0 Å². The standard InChI is InChI=1S/C15H14ClNO2/c1-10(11-5-3-2-4-6-11)19-15(18)12-7-8-14(17)13(16)9-12/h2-10H,17H2,1H3. The normalized spacial score (nSPS) is 11.9. The van der Waals surface area contributed by atoms with Crippen LogP contribution in [-0.2, 0) is 4.74 Å². The van der Waals surface area contributed by atoms with Crippen LogP contribution in [0.2, 0.25) is 5.02 Å². The molecule has 0 aromatic heterocycles. The molecule has 0 heterocycles. The third kappa shape index (κ3) is 3.26. The summed E-state index contributed by atoms with van der Waals surface area (Å²) >= 11 is 5.88. The van der Waals surface area contributed by atoms with Crippen LogP contribution < -0.4 is 5.73 Å². The lowest BCUT2D eigenvalue weighted by Gasteiger charge is -2.13. The fourth-order valence-corrected chi connectivity index (χ4v) is 1.86. The Morgan fingerprint density at radius 3 is 2.53 bits per heavy atom. The first kappa shape index (κ1) is 13.4. The number of nitrogen functional groups attached to an aromatic ring is 1. The molecule has 4 heteroatoms. The van der Waals surface area contributed by atoms with Gasteiger partial charge in [0.05, 0.1) is 16.3 Å². The van der Waals surface area contributed by atoms with Crippen molar-refractivity contribution in [2.24, 2.45) is 0 Å². The third-order valence-corrected chi connectivity index (χ3v) is 3.12. The summed E-state index contributed by atoms with van der Waals surface area (Å²) < 4.78 is 5.38. The van der Waals surface area contributed by atoms with Crippen LogP contribution in [0.15, 0.2) is 48.5 Å². The first-order chi connectivity index (χ1) is 9.08. The van der Waals surface area contributed by atoms with Crippen LogP contribution in [0.5, 0.6) is 0 Å². The maximum Gasteiger partial charge on any atom is 0.338 e.